The van der Waals surface area contributed by atoms with Gasteiger partial charge in [-0.25, -0.2) is 0 Å². The minimum Gasteiger partial charge on any atom is -0.376 e. The van der Waals surface area contributed by atoms with Gasteiger partial charge in [-0.3, -0.25) is 19.4 Å². The van der Waals surface area contributed by atoms with Gasteiger partial charge in [0.2, 0.25) is 0 Å². The molecule has 2 fully saturated rings. The summed E-state index contributed by atoms with van der Waals surface area (Å²) < 4.78 is 7.56. The summed E-state index contributed by atoms with van der Waals surface area (Å²) in [6, 6.07) is 5.74. The number of carbonyl (C=O) groups is 1. The zero-order chi connectivity index (χ0) is 18.1. The van der Waals surface area contributed by atoms with Crippen LogP contribution in [-0.4, -0.2) is 69.3 Å². The molecule has 0 unspecified atom stereocenters. The standard InChI is InChI=1S/C19H25N5O2/c1-22-10-16(12-26-11-15-3-6-20-7-4-15)9-19(22)13-24(14-19)18(25)17-5-8-21-23(17)2/h3-8,16H,9-14H2,1-2H3/t16-/m1/s1. The van der Waals surface area contributed by atoms with Gasteiger partial charge in [0.15, 0.2) is 0 Å². The number of carbonyl (C=O) groups excluding carboxylic acids is 1. The van der Waals surface area contributed by atoms with Crippen molar-refractivity contribution in [3.05, 3.63) is 48.0 Å². The molecule has 7 nitrogen and oxygen atoms in total. The molecule has 1 spiro atoms. The number of aryl methyl sites for hydroxylation is 1. The highest BCUT2D eigenvalue weighted by atomic mass is 16.5. The highest BCUT2D eigenvalue weighted by molar-refractivity contribution is 5.93. The minimum absolute atomic E-state index is 0.0708. The number of hydrogen-bond donors (Lipinski definition) is 0. The number of nitrogens with zero attached hydrogens (tertiary/aromatic N) is 5. The number of pyridine rings is 1. The predicted octanol–water partition coefficient (Wildman–Crippen LogP) is 1.18. The summed E-state index contributed by atoms with van der Waals surface area (Å²) in [6.07, 6.45) is 6.33. The molecule has 1 atom stereocenters. The Balaban J connectivity index is 1.28. The highest BCUT2D eigenvalue weighted by Crippen LogP contribution is 2.40. The van der Waals surface area contributed by atoms with Gasteiger partial charge in [-0.2, -0.15) is 5.10 Å². The Morgan fingerprint density at radius 3 is 2.69 bits per heavy atom. The summed E-state index contributed by atoms with van der Waals surface area (Å²) in [7, 11) is 3.97. The molecule has 0 radical (unpaired) electrons. The molecule has 2 saturated heterocycles. The Morgan fingerprint density at radius 2 is 2.00 bits per heavy atom. The third-order valence-electron chi connectivity index (χ3n) is 5.68. The van der Waals surface area contributed by atoms with Crippen molar-refractivity contribution in [3.63, 3.8) is 0 Å². The summed E-state index contributed by atoms with van der Waals surface area (Å²) in [5.74, 6) is 0.581. The van der Waals surface area contributed by atoms with E-state index < -0.39 is 0 Å². The number of rotatable bonds is 5. The maximum Gasteiger partial charge on any atom is 0.272 e. The topological polar surface area (TPSA) is 63.5 Å². The molecule has 4 rings (SSSR count). The van der Waals surface area contributed by atoms with Crippen LogP contribution < -0.4 is 0 Å². The van der Waals surface area contributed by atoms with Gasteiger partial charge < -0.3 is 9.64 Å². The average molecular weight is 355 g/mol. The van der Waals surface area contributed by atoms with E-state index in [4.69, 9.17) is 4.74 Å². The molecule has 138 valence electrons. The lowest BCUT2D eigenvalue weighted by Gasteiger charge is -2.51. The van der Waals surface area contributed by atoms with Gasteiger partial charge in [0.05, 0.1) is 18.8 Å². The van der Waals surface area contributed by atoms with Crippen molar-refractivity contribution in [1.29, 1.82) is 0 Å². The lowest BCUT2D eigenvalue weighted by Crippen LogP contribution is -2.68. The van der Waals surface area contributed by atoms with Crippen LogP contribution in [0.1, 0.15) is 22.5 Å². The van der Waals surface area contributed by atoms with Crippen molar-refractivity contribution in [2.24, 2.45) is 13.0 Å². The summed E-state index contributed by atoms with van der Waals surface area (Å²) in [6.45, 7) is 3.97. The van der Waals surface area contributed by atoms with E-state index in [1.54, 1.807) is 36.4 Å². The number of aromatic nitrogens is 3. The highest BCUT2D eigenvalue weighted by Gasteiger charge is 2.53. The molecule has 0 aromatic carbocycles. The zero-order valence-electron chi connectivity index (χ0n) is 15.3. The van der Waals surface area contributed by atoms with Gasteiger partial charge in [-0.05, 0) is 43.1 Å². The minimum atomic E-state index is 0.0708. The van der Waals surface area contributed by atoms with Gasteiger partial charge in [-0.1, -0.05) is 0 Å². The predicted molar refractivity (Wildman–Crippen MR) is 96.5 cm³/mol. The molecule has 0 N–H and O–H groups in total. The van der Waals surface area contributed by atoms with Crippen LogP contribution >= 0.6 is 0 Å². The fourth-order valence-electron chi connectivity index (χ4n) is 4.20. The zero-order valence-corrected chi connectivity index (χ0v) is 15.3. The lowest BCUT2D eigenvalue weighted by molar-refractivity contribution is -0.00870. The molecule has 7 heteroatoms. The van der Waals surface area contributed by atoms with E-state index in [1.165, 1.54) is 0 Å². The Kier molecular flexibility index (Phi) is 4.50. The quantitative estimate of drug-likeness (QED) is 0.806. The van der Waals surface area contributed by atoms with E-state index in [9.17, 15) is 4.79 Å². The second-order valence-corrected chi connectivity index (χ2v) is 7.55. The monoisotopic (exact) mass is 355 g/mol. The molecule has 4 heterocycles. The molecule has 26 heavy (non-hydrogen) atoms. The second kappa shape index (κ2) is 6.81. The summed E-state index contributed by atoms with van der Waals surface area (Å²) in [4.78, 5) is 20.9. The Hall–Kier alpha value is -2.25. The fraction of sp³-hybridized carbons (Fsp3) is 0.526. The summed E-state index contributed by atoms with van der Waals surface area (Å²) in [5, 5.41) is 4.09. The molecule has 0 saturated carbocycles. The first-order valence-electron chi connectivity index (χ1n) is 9.02. The van der Waals surface area contributed by atoms with Crippen LogP contribution in [-0.2, 0) is 18.4 Å². The number of amides is 1. The largest absolute Gasteiger partial charge is 0.376 e. The van der Waals surface area contributed by atoms with Crippen LogP contribution in [0.4, 0.5) is 0 Å². The Labute approximate surface area is 153 Å². The van der Waals surface area contributed by atoms with Crippen molar-refractivity contribution in [2.45, 2.75) is 18.6 Å². The molecule has 0 bridgehead atoms. The van der Waals surface area contributed by atoms with E-state index in [-0.39, 0.29) is 11.4 Å². The third-order valence-corrected chi connectivity index (χ3v) is 5.68. The normalized spacial score (nSPS) is 21.9. The summed E-state index contributed by atoms with van der Waals surface area (Å²) in [5.41, 5.74) is 1.91. The SMILES string of the molecule is CN1C[C@H](COCc2ccncc2)CC12CN(C(=O)c1ccnn1C)C2. The first-order valence-corrected chi connectivity index (χ1v) is 9.02. The fourth-order valence-corrected chi connectivity index (χ4v) is 4.20. The molecule has 2 aromatic heterocycles. The van der Waals surface area contributed by atoms with Gasteiger partial charge in [0.1, 0.15) is 5.69 Å². The maximum atomic E-state index is 12.6. The average Bonchev–Trinajstić information content (AvgIpc) is 3.17. The van der Waals surface area contributed by atoms with Crippen molar-refractivity contribution in [1.82, 2.24) is 24.6 Å². The van der Waals surface area contributed by atoms with E-state index in [0.29, 0.717) is 18.2 Å². The number of ether oxygens (including phenoxy) is 1. The van der Waals surface area contributed by atoms with Crippen LogP contribution in [0.25, 0.3) is 0 Å². The van der Waals surface area contributed by atoms with E-state index >= 15 is 0 Å². The van der Waals surface area contributed by atoms with Crippen molar-refractivity contribution < 1.29 is 9.53 Å². The van der Waals surface area contributed by atoms with Crippen LogP contribution in [0.5, 0.6) is 0 Å². The molecule has 1 amide bonds. The number of likely N-dealkylation sites (N-methyl/N-ethyl adjacent to an activating group) is 1. The van der Waals surface area contributed by atoms with Crippen LogP contribution in [0.3, 0.4) is 0 Å². The molecule has 2 aliphatic heterocycles. The Morgan fingerprint density at radius 1 is 1.23 bits per heavy atom. The first-order chi connectivity index (χ1) is 12.6. The maximum absolute atomic E-state index is 12.6. The van der Waals surface area contributed by atoms with Crippen molar-refractivity contribution in [3.8, 4) is 0 Å². The van der Waals surface area contributed by atoms with E-state index in [1.807, 2.05) is 17.0 Å². The molecular formula is C19H25N5O2. The van der Waals surface area contributed by atoms with Gasteiger partial charge >= 0.3 is 0 Å². The molecule has 0 aliphatic carbocycles. The number of likely N-dealkylation sites (tertiary alicyclic amines) is 2. The van der Waals surface area contributed by atoms with Crippen LogP contribution in [0, 0.1) is 5.92 Å². The number of hydrogen-bond acceptors (Lipinski definition) is 5. The van der Waals surface area contributed by atoms with Gasteiger partial charge in [-0.15, -0.1) is 0 Å². The smallest absolute Gasteiger partial charge is 0.272 e. The molecule has 2 aromatic rings. The van der Waals surface area contributed by atoms with E-state index in [2.05, 4.69) is 22.0 Å². The van der Waals surface area contributed by atoms with Crippen LogP contribution in [0.2, 0.25) is 0 Å². The first kappa shape index (κ1) is 17.2. The van der Waals surface area contributed by atoms with Crippen molar-refractivity contribution in [2.75, 3.05) is 33.3 Å². The van der Waals surface area contributed by atoms with E-state index in [0.717, 1.165) is 38.2 Å². The van der Waals surface area contributed by atoms with Gasteiger partial charge in [0.25, 0.3) is 5.91 Å². The molecular weight excluding hydrogens is 330 g/mol. The Bertz CT molecular complexity index is 769. The van der Waals surface area contributed by atoms with Gasteiger partial charge in [0, 0.05) is 45.3 Å². The third kappa shape index (κ3) is 3.12. The summed E-state index contributed by atoms with van der Waals surface area (Å²) >= 11 is 0. The van der Waals surface area contributed by atoms with Crippen molar-refractivity contribution >= 4 is 5.91 Å². The molecule has 2 aliphatic rings. The lowest BCUT2D eigenvalue weighted by atomic mass is 9.84. The van der Waals surface area contributed by atoms with Crippen LogP contribution in [0.15, 0.2) is 36.8 Å². The second-order valence-electron chi connectivity index (χ2n) is 7.55.